The second kappa shape index (κ2) is 7.63. The predicted octanol–water partition coefficient (Wildman–Crippen LogP) is 4.94. The third kappa shape index (κ3) is 4.81. The van der Waals surface area contributed by atoms with E-state index in [2.05, 4.69) is 20.6 Å². The summed E-state index contributed by atoms with van der Waals surface area (Å²) in [4.78, 5) is 20.5. The summed E-state index contributed by atoms with van der Waals surface area (Å²) in [6, 6.07) is 11.2. The van der Waals surface area contributed by atoms with Crippen molar-refractivity contribution in [3.05, 3.63) is 77.4 Å². The van der Waals surface area contributed by atoms with Gasteiger partial charge in [-0.15, -0.1) is 0 Å². The summed E-state index contributed by atoms with van der Waals surface area (Å²) in [7, 11) is 0. The van der Waals surface area contributed by atoms with Crippen molar-refractivity contribution in [1.29, 1.82) is 0 Å². The van der Waals surface area contributed by atoms with Crippen LogP contribution in [0.15, 0.2) is 54.6 Å². The molecular weight excluding hydrogens is 376 g/mol. The van der Waals surface area contributed by atoms with Gasteiger partial charge < -0.3 is 10.6 Å². The standard InChI is InChI=1S/C19H14F4N4O/c1-11-9-16(17(28)25-14-7-5-13(20)6-8-14)27-18(24-11)26-15-4-2-3-12(10-15)19(21,22)23/h2-10H,1H3,(H,25,28)(H,24,26,27). The van der Waals surface area contributed by atoms with Crippen molar-refractivity contribution >= 4 is 23.2 Å². The monoisotopic (exact) mass is 390 g/mol. The van der Waals surface area contributed by atoms with Crippen LogP contribution in [0.3, 0.4) is 0 Å². The number of carbonyl (C=O) groups is 1. The highest BCUT2D eigenvalue weighted by molar-refractivity contribution is 6.03. The van der Waals surface area contributed by atoms with Gasteiger partial charge in [0.2, 0.25) is 5.95 Å². The molecule has 0 saturated heterocycles. The van der Waals surface area contributed by atoms with E-state index in [-0.39, 0.29) is 17.3 Å². The second-order valence-electron chi connectivity index (χ2n) is 5.88. The molecule has 0 radical (unpaired) electrons. The topological polar surface area (TPSA) is 66.9 Å². The average molecular weight is 390 g/mol. The maximum atomic E-state index is 13.0. The van der Waals surface area contributed by atoms with E-state index in [1.54, 1.807) is 6.92 Å². The van der Waals surface area contributed by atoms with Crippen molar-refractivity contribution in [2.45, 2.75) is 13.1 Å². The smallest absolute Gasteiger partial charge is 0.324 e. The van der Waals surface area contributed by atoms with Gasteiger partial charge in [-0.3, -0.25) is 4.79 Å². The Morgan fingerprint density at radius 2 is 1.68 bits per heavy atom. The second-order valence-corrected chi connectivity index (χ2v) is 5.88. The molecule has 0 unspecified atom stereocenters. The molecule has 0 aliphatic carbocycles. The summed E-state index contributed by atoms with van der Waals surface area (Å²) < 4.78 is 51.5. The van der Waals surface area contributed by atoms with Crippen LogP contribution in [0.2, 0.25) is 0 Å². The third-order valence-corrected chi connectivity index (χ3v) is 3.63. The number of alkyl halides is 3. The number of aryl methyl sites for hydroxylation is 1. The molecule has 0 fully saturated rings. The Hall–Kier alpha value is -3.49. The van der Waals surface area contributed by atoms with Gasteiger partial charge in [0.05, 0.1) is 5.56 Å². The molecular formula is C19H14F4N4O. The zero-order valence-corrected chi connectivity index (χ0v) is 14.5. The van der Waals surface area contributed by atoms with Crippen molar-refractivity contribution in [3.63, 3.8) is 0 Å². The first-order valence-corrected chi connectivity index (χ1v) is 8.07. The van der Waals surface area contributed by atoms with Crippen LogP contribution < -0.4 is 10.6 Å². The number of nitrogens with zero attached hydrogens (tertiary/aromatic N) is 2. The van der Waals surface area contributed by atoms with E-state index >= 15 is 0 Å². The minimum absolute atomic E-state index is 0.00583. The summed E-state index contributed by atoms with van der Waals surface area (Å²) in [5.74, 6) is -1.03. The lowest BCUT2D eigenvalue weighted by Gasteiger charge is -2.11. The van der Waals surface area contributed by atoms with Gasteiger partial charge in [-0.1, -0.05) is 6.07 Å². The number of halogens is 4. The number of aromatic nitrogens is 2. The van der Waals surface area contributed by atoms with Crippen LogP contribution in [0, 0.1) is 12.7 Å². The molecule has 3 rings (SSSR count). The van der Waals surface area contributed by atoms with Gasteiger partial charge in [0.25, 0.3) is 5.91 Å². The molecule has 144 valence electrons. The van der Waals surface area contributed by atoms with Crippen LogP contribution in [-0.2, 0) is 6.18 Å². The van der Waals surface area contributed by atoms with Crippen LogP contribution >= 0.6 is 0 Å². The number of amides is 1. The molecule has 2 N–H and O–H groups in total. The molecule has 1 aromatic heterocycles. The number of rotatable bonds is 4. The van der Waals surface area contributed by atoms with Gasteiger partial charge in [0.1, 0.15) is 11.5 Å². The molecule has 1 heterocycles. The molecule has 2 aromatic carbocycles. The first kappa shape index (κ1) is 19.3. The Morgan fingerprint density at radius 1 is 0.964 bits per heavy atom. The highest BCUT2D eigenvalue weighted by Gasteiger charge is 2.30. The number of hydrogen-bond acceptors (Lipinski definition) is 4. The number of benzene rings is 2. The molecule has 3 aromatic rings. The molecule has 0 saturated carbocycles. The van der Waals surface area contributed by atoms with Gasteiger partial charge in [-0.05, 0) is 55.5 Å². The summed E-state index contributed by atoms with van der Waals surface area (Å²) in [6.45, 7) is 1.62. The molecule has 1 amide bonds. The van der Waals surface area contributed by atoms with E-state index < -0.39 is 23.5 Å². The van der Waals surface area contributed by atoms with Crippen LogP contribution in [0.25, 0.3) is 0 Å². The van der Waals surface area contributed by atoms with Gasteiger partial charge in [-0.2, -0.15) is 13.2 Å². The van der Waals surface area contributed by atoms with E-state index in [9.17, 15) is 22.4 Å². The minimum atomic E-state index is -4.48. The Bertz CT molecular complexity index is 1000. The van der Waals surface area contributed by atoms with Gasteiger partial charge in [0.15, 0.2) is 0 Å². The SMILES string of the molecule is Cc1cc(C(=O)Nc2ccc(F)cc2)nc(Nc2cccc(C(F)(F)F)c2)n1. The van der Waals surface area contributed by atoms with Crippen molar-refractivity contribution in [2.75, 3.05) is 10.6 Å². The van der Waals surface area contributed by atoms with Crippen molar-refractivity contribution < 1.29 is 22.4 Å². The van der Waals surface area contributed by atoms with Crippen molar-refractivity contribution in [3.8, 4) is 0 Å². The van der Waals surface area contributed by atoms with Crippen LogP contribution in [0.1, 0.15) is 21.7 Å². The lowest BCUT2D eigenvalue weighted by molar-refractivity contribution is -0.137. The van der Waals surface area contributed by atoms with Crippen LogP contribution in [0.5, 0.6) is 0 Å². The molecule has 0 aliphatic heterocycles. The Kier molecular flexibility index (Phi) is 5.25. The quantitative estimate of drug-likeness (QED) is 0.620. The number of carbonyl (C=O) groups excluding carboxylic acids is 1. The van der Waals surface area contributed by atoms with Crippen molar-refractivity contribution in [2.24, 2.45) is 0 Å². The zero-order chi connectivity index (χ0) is 20.3. The highest BCUT2D eigenvalue weighted by atomic mass is 19.4. The first-order chi connectivity index (χ1) is 13.2. The molecule has 0 spiro atoms. The van der Waals surface area contributed by atoms with Gasteiger partial charge in [-0.25, -0.2) is 14.4 Å². The normalized spacial score (nSPS) is 11.2. The maximum Gasteiger partial charge on any atom is 0.416 e. The largest absolute Gasteiger partial charge is 0.416 e. The average Bonchev–Trinajstić information content (AvgIpc) is 2.62. The summed E-state index contributed by atoms with van der Waals surface area (Å²) >= 11 is 0. The Morgan fingerprint density at radius 3 is 2.36 bits per heavy atom. The Labute approximate surface area is 157 Å². The lowest BCUT2D eigenvalue weighted by Crippen LogP contribution is -2.15. The summed E-state index contributed by atoms with van der Waals surface area (Å²) in [5, 5.41) is 5.23. The van der Waals surface area contributed by atoms with Gasteiger partial charge >= 0.3 is 6.18 Å². The third-order valence-electron chi connectivity index (χ3n) is 3.63. The molecule has 0 aliphatic rings. The summed E-state index contributed by atoms with van der Waals surface area (Å²) in [5.41, 5.74) is 0.125. The fraction of sp³-hybridized carbons (Fsp3) is 0.105. The highest BCUT2D eigenvalue weighted by Crippen LogP contribution is 2.31. The lowest BCUT2D eigenvalue weighted by atomic mass is 10.2. The summed E-state index contributed by atoms with van der Waals surface area (Å²) in [6.07, 6.45) is -4.48. The minimum Gasteiger partial charge on any atom is -0.324 e. The number of anilines is 3. The maximum absolute atomic E-state index is 13.0. The molecule has 9 heteroatoms. The van der Waals surface area contributed by atoms with Crippen LogP contribution in [0.4, 0.5) is 34.9 Å². The Balaban J connectivity index is 1.81. The fourth-order valence-electron chi connectivity index (χ4n) is 2.37. The zero-order valence-electron chi connectivity index (χ0n) is 14.5. The molecule has 5 nitrogen and oxygen atoms in total. The van der Waals surface area contributed by atoms with Crippen molar-refractivity contribution in [1.82, 2.24) is 9.97 Å². The van der Waals surface area contributed by atoms with E-state index in [0.29, 0.717) is 11.4 Å². The predicted molar refractivity (Wildman–Crippen MR) is 95.8 cm³/mol. The van der Waals surface area contributed by atoms with Gasteiger partial charge in [0, 0.05) is 17.1 Å². The number of nitrogens with one attached hydrogen (secondary N) is 2. The van der Waals surface area contributed by atoms with E-state index in [4.69, 9.17) is 0 Å². The van der Waals surface area contributed by atoms with E-state index in [1.165, 1.54) is 42.5 Å². The molecule has 0 bridgehead atoms. The fourth-order valence-corrected chi connectivity index (χ4v) is 2.37. The first-order valence-electron chi connectivity index (χ1n) is 8.07. The van der Waals surface area contributed by atoms with E-state index in [0.717, 1.165) is 12.1 Å². The molecule has 0 atom stereocenters. The molecule has 28 heavy (non-hydrogen) atoms. The number of hydrogen-bond donors (Lipinski definition) is 2. The van der Waals surface area contributed by atoms with E-state index in [1.807, 2.05) is 0 Å². The van der Waals surface area contributed by atoms with Crippen LogP contribution in [-0.4, -0.2) is 15.9 Å².